The highest BCUT2D eigenvalue weighted by molar-refractivity contribution is 7.89. The lowest BCUT2D eigenvalue weighted by Gasteiger charge is -2.35. The fourth-order valence-electron chi connectivity index (χ4n) is 3.32. The number of amides is 1. The van der Waals surface area contributed by atoms with Gasteiger partial charge in [0.2, 0.25) is 15.9 Å². The van der Waals surface area contributed by atoms with E-state index in [1.807, 2.05) is 0 Å². The van der Waals surface area contributed by atoms with Gasteiger partial charge in [-0.1, -0.05) is 0 Å². The fourth-order valence-corrected chi connectivity index (χ4v) is 3.86. The number of nitrogens with two attached hydrogens (primary N) is 1. The molecular weight excluding hydrogens is 383 g/mol. The van der Waals surface area contributed by atoms with Gasteiger partial charge in [0.25, 0.3) is 0 Å². The summed E-state index contributed by atoms with van der Waals surface area (Å²) in [7, 11) is -4.25. The summed E-state index contributed by atoms with van der Waals surface area (Å²) in [6.45, 7) is 1.14. The molecule has 150 valence electrons. The summed E-state index contributed by atoms with van der Waals surface area (Å²) in [5.41, 5.74) is -1.19. The Labute approximate surface area is 156 Å². The minimum Gasteiger partial charge on any atom is -0.370 e. The highest BCUT2D eigenvalue weighted by Crippen LogP contribution is 2.39. The number of halogens is 3. The normalized spacial score (nSPS) is 21.2. The number of primary sulfonamides is 1. The summed E-state index contributed by atoms with van der Waals surface area (Å²) in [5.74, 6) is -0.00551. The van der Waals surface area contributed by atoms with Crippen molar-refractivity contribution in [2.75, 3.05) is 24.5 Å². The van der Waals surface area contributed by atoms with Crippen molar-refractivity contribution in [2.45, 2.75) is 36.8 Å². The second-order valence-corrected chi connectivity index (χ2v) is 8.76. The Morgan fingerprint density at radius 2 is 1.96 bits per heavy atom. The molecule has 10 heteroatoms. The van der Waals surface area contributed by atoms with E-state index in [1.165, 1.54) is 4.90 Å². The predicted octanol–water partition coefficient (Wildman–Crippen LogP) is 2.10. The third-order valence-electron chi connectivity index (χ3n) is 5.00. The number of rotatable bonds is 5. The molecule has 1 heterocycles. The van der Waals surface area contributed by atoms with Crippen molar-refractivity contribution in [3.8, 4) is 0 Å². The second kappa shape index (κ2) is 7.31. The average molecular weight is 405 g/mol. The number of carbonyl (C=O) groups excluding carboxylic acids is 1. The van der Waals surface area contributed by atoms with Crippen LogP contribution in [0.2, 0.25) is 0 Å². The molecule has 6 nitrogen and oxygen atoms in total. The first-order valence-electron chi connectivity index (χ1n) is 8.82. The molecule has 27 heavy (non-hydrogen) atoms. The van der Waals surface area contributed by atoms with E-state index in [9.17, 15) is 26.4 Å². The molecule has 1 unspecified atom stereocenters. The van der Waals surface area contributed by atoms with Crippen LogP contribution in [-0.4, -0.2) is 34.0 Å². The van der Waals surface area contributed by atoms with Crippen molar-refractivity contribution in [1.29, 1.82) is 0 Å². The van der Waals surface area contributed by atoms with Crippen LogP contribution in [-0.2, 0) is 21.0 Å². The quantitative estimate of drug-likeness (QED) is 0.785. The van der Waals surface area contributed by atoms with Gasteiger partial charge in [-0.25, -0.2) is 13.6 Å². The first kappa shape index (κ1) is 19.9. The SMILES string of the molecule is NS(=O)(=O)c1ccc(N2CCCC(C(=O)NCC3CC3)C2)c(C(F)(F)F)c1. The number of piperidine rings is 1. The number of nitrogens with one attached hydrogen (secondary N) is 1. The van der Waals surface area contributed by atoms with Crippen molar-refractivity contribution >= 4 is 21.6 Å². The highest BCUT2D eigenvalue weighted by atomic mass is 32.2. The van der Waals surface area contributed by atoms with Crippen LogP contribution in [0.5, 0.6) is 0 Å². The van der Waals surface area contributed by atoms with Crippen molar-refractivity contribution in [3.63, 3.8) is 0 Å². The molecule has 1 aliphatic carbocycles. The molecule has 1 saturated carbocycles. The number of hydrogen-bond acceptors (Lipinski definition) is 4. The lowest BCUT2D eigenvalue weighted by atomic mass is 9.95. The van der Waals surface area contributed by atoms with E-state index in [4.69, 9.17) is 5.14 Å². The molecule has 1 atom stereocenters. The van der Waals surface area contributed by atoms with E-state index in [1.54, 1.807) is 0 Å². The Bertz CT molecular complexity index is 822. The average Bonchev–Trinajstić information content (AvgIpc) is 3.42. The summed E-state index contributed by atoms with van der Waals surface area (Å²) in [6.07, 6.45) is -1.35. The van der Waals surface area contributed by atoms with Crippen LogP contribution in [0.25, 0.3) is 0 Å². The molecule has 3 N–H and O–H groups in total. The molecule has 1 aromatic carbocycles. The summed E-state index contributed by atoms with van der Waals surface area (Å²) < 4.78 is 63.3. The number of nitrogens with zero attached hydrogens (tertiary/aromatic N) is 1. The van der Waals surface area contributed by atoms with Crippen molar-refractivity contribution in [1.82, 2.24) is 5.32 Å². The first-order chi connectivity index (χ1) is 12.6. The van der Waals surface area contributed by atoms with Crippen LogP contribution < -0.4 is 15.4 Å². The summed E-state index contributed by atoms with van der Waals surface area (Å²) in [6, 6.07) is 2.74. The smallest absolute Gasteiger partial charge is 0.370 e. The van der Waals surface area contributed by atoms with Crippen LogP contribution in [0.1, 0.15) is 31.2 Å². The molecule has 0 spiro atoms. The number of sulfonamides is 1. The molecule has 1 amide bonds. The summed E-state index contributed by atoms with van der Waals surface area (Å²) in [4.78, 5) is 13.2. The minimum absolute atomic E-state index is 0.130. The maximum Gasteiger partial charge on any atom is 0.418 e. The molecule has 1 saturated heterocycles. The Hall–Kier alpha value is -1.81. The largest absolute Gasteiger partial charge is 0.418 e. The molecule has 2 fully saturated rings. The Morgan fingerprint density at radius 1 is 1.26 bits per heavy atom. The molecular formula is C17H22F3N3O3S. The maximum absolute atomic E-state index is 13.5. The lowest BCUT2D eigenvalue weighted by Crippen LogP contribution is -2.44. The summed E-state index contributed by atoms with van der Waals surface area (Å²) in [5, 5.41) is 7.84. The highest BCUT2D eigenvalue weighted by Gasteiger charge is 2.37. The van der Waals surface area contributed by atoms with Gasteiger partial charge in [-0.3, -0.25) is 4.79 Å². The standard InChI is InChI=1S/C17H22F3N3O3S/c18-17(19,20)14-8-13(27(21,25)26)5-6-15(14)23-7-1-2-12(10-23)16(24)22-9-11-3-4-11/h5-6,8,11-12H,1-4,7,9-10H2,(H,22,24)(H2,21,25,26). The second-order valence-electron chi connectivity index (χ2n) is 7.20. The molecule has 1 aliphatic heterocycles. The summed E-state index contributed by atoms with van der Waals surface area (Å²) >= 11 is 0. The third kappa shape index (κ3) is 4.92. The van der Waals surface area contributed by atoms with Gasteiger partial charge in [0.15, 0.2) is 0 Å². The predicted molar refractivity (Wildman–Crippen MR) is 93.5 cm³/mol. The Kier molecular flexibility index (Phi) is 5.40. The molecule has 0 radical (unpaired) electrons. The van der Waals surface area contributed by atoms with Crippen LogP contribution in [0.3, 0.4) is 0 Å². The number of benzene rings is 1. The van der Waals surface area contributed by atoms with Crippen molar-refractivity contribution in [3.05, 3.63) is 23.8 Å². The van der Waals surface area contributed by atoms with E-state index in [0.717, 1.165) is 25.0 Å². The zero-order chi connectivity index (χ0) is 19.8. The van der Waals surface area contributed by atoms with Gasteiger partial charge >= 0.3 is 6.18 Å². The van der Waals surface area contributed by atoms with Gasteiger partial charge in [0.05, 0.1) is 16.4 Å². The van der Waals surface area contributed by atoms with Crippen LogP contribution >= 0.6 is 0 Å². The van der Waals surface area contributed by atoms with Crippen molar-refractivity contribution in [2.24, 2.45) is 17.0 Å². The third-order valence-corrected chi connectivity index (χ3v) is 5.91. The molecule has 0 aromatic heterocycles. The lowest BCUT2D eigenvalue weighted by molar-refractivity contribution is -0.137. The van der Waals surface area contributed by atoms with Gasteiger partial charge < -0.3 is 10.2 Å². The molecule has 0 bridgehead atoms. The number of alkyl halides is 3. The molecule has 3 rings (SSSR count). The van der Waals surface area contributed by atoms with Crippen LogP contribution in [0.4, 0.5) is 18.9 Å². The zero-order valence-corrected chi connectivity index (χ0v) is 15.4. The van der Waals surface area contributed by atoms with E-state index in [2.05, 4.69) is 5.32 Å². The fraction of sp³-hybridized carbons (Fsp3) is 0.588. The van der Waals surface area contributed by atoms with E-state index in [-0.39, 0.29) is 18.1 Å². The maximum atomic E-state index is 13.5. The zero-order valence-electron chi connectivity index (χ0n) is 14.6. The van der Waals surface area contributed by atoms with Crippen LogP contribution in [0, 0.1) is 11.8 Å². The van der Waals surface area contributed by atoms with Gasteiger partial charge in [0, 0.05) is 25.3 Å². The topological polar surface area (TPSA) is 92.5 Å². The van der Waals surface area contributed by atoms with Crippen molar-refractivity contribution < 1.29 is 26.4 Å². The van der Waals surface area contributed by atoms with Gasteiger partial charge in [-0.2, -0.15) is 13.2 Å². The number of carbonyl (C=O) groups is 1. The van der Waals surface area contributed by atoms with Gasteiger partial charge in [-0.15, -0.1) is 0 Å². The minimum atomic E-state index is -4.74. The number of anilines is 1. The number of hydrogen-bond donors (Lipinski definition) is 2. The van der Waals surface area contributed by atoms with E-state index in [0.29, 0.717) is 37.9 Å². The van der Waals surface area contributed by atoms with E-state index < -0.39 is 32.6 Å². The Morgan fingerprint density at radius 3 is 2.56 bits per heavy atom. The van der Waals surface area contributed by atoms with Gasteiger partial charge in [0.1, 0.15) is 0 Å². The van der Waals surface area contributed by atoms with E-state index >= 15 is 0 Å². The molecule has 1 aromatic rings. The van der Waals surface area contributed by atoms with Gasteiger partial charge in [-0.05, 0) is 49.8 Å². The Balaban J connectivity index is 1.82. The van der Waals surface area contributed by atoms with Crippen LogP contribution in [0.15, 0.2) is 23.1 Å². The first-order valence-corrected chi connectivity index (χ1v) is 10.4. The molecule has 2 aliphatic rings. The monoisotopic (exact) mass is 405 g/mol.